The second-order valence-corrected chi connectivity index (χ2v) is 8.41. The highest BCUT2D eigenvalue weighted by Gasteiger charge is 2.36. The van der Waals surface area contributed by atoms with Crippen LogP contribution in [0.1, 0.15) is 77.6 Å². The smallest absolute Gasteiger partial charge is 0.304 e. The van der Waals surface area contributed by atoms with Gasteiger partial charge in [-0.1, -0.05) is 50.7 Å². The van der Waals surface area contributed by atoms with Gasteiger partial charge in [-0.15, -0.1) is 0 Å². The van der Waals surface area contributed by atoms with Gasteiger partial charge in [0.15, 0.2) is 0 Å². The molecule has 1 aliphatic carbocycles. The molecule has 1 aliphatic rings. The molecule has 1 saturated carbocycles. The molecule has 0 amide bonds. The number of thioether (sulfide) groups is 1. The molecule has 0 aromatic heterocycles. The predicted octanol–water partition coefficient (Wildman–Crippen LogP) is 4.49. The van der Waals surface area contributed by atoms with Crippen molar-refractivity contribution in [2.45, 2.75) is 88.9 Å². The second-order valence-electron chi connectivity index (χ2n) is 7.16. The lowest BCUT2D eigenvalue weighted by molar-refractivity contribution is -0.139. The molecular weight excluding hydrogens is 352 g/mol. The van der Waals surface area contributed by atoms with Crippen molar-refractivity contribution in [3.05, 3.63) is 11.6 Å². The molecule has 0 spiro atoms. The number of rotatable bonds is 13. The summed E-state index contributed by atoms with van der Waals surface area (Å²) < 4.78 is 0. The average molecular weight is 387 g/mol. The molecule has 150 valence electrons. The number of carbonyl (C=O) groups is 2. The summed E-state index contributed by atoms with van der Waals surface area (Å²) >= 11 is 1.46. The van der Waals surface area contributed by atoms with E-state index in [1.165, 1.54) is 49.4 Å². The van der Waals surface area contributed by atoms with Gasteiger partial charge in [0.2, 0.25) is 0 Å². The van der Waals surface area contributed by atoms with Crippen molar-refractivity contribution in [1.29, 1.82) is 0 Å². The number of unbranched alkanes of at least 4 members (excludes halogenated alkanes) is 6. The molecule has 26 heavy (non-hydrogen) atoms. The van der Waals surface area contributed by atoms with Crippen LogP contribution < -0.4 is 0 Å². The maximum absolute atomic E-state index is 11.0. The van der Waals surface area contributed by atoms with Gasteiger partial charge >= 0.3 is 11.9 Å². The van der Waals surface area contributed by atoms with Crippen molar-refractivity contribution in [2.75, 3.05) is 5.75 Å². The Balaban J connectivity index is 2.57. The van der Waals surface area contributed by atoms with Crippen LogP contribution >= 0.6 is 11.8 Å². The van der Waals surface area contributed by atoms with E-state index < -0.39 is 18.0 Å². The van der Waals surface area contributed by atoms with Crippen molar-refractivity contribution in [3.63, 3.8) is 0 Å². The number of allylic oxidation sites excluding steroid dienone is 1. The summed E-state index contributed by atoms with van der Waals surface area (Å²) in [6.45, 7) is 2.21. The summed E-state index contributed by atoms with van der Waals surface area (Å²) in [6, 6.07) is 0. The molecule has 0 bridgehead atoms. The van der Waals surface area contributed by atoms with E-state index >= 15 is 0 Å². The minimum atomic E-state index is -0.886. The Kier molecular flexibility index (Phi) is 11.7. The Hall–Kier alpha value is -1.01. The minimum Gasteiger partial charge on any atom is -0.481 e. The molecule has 0 radical (unpaired) electrons. The lowest BCUT2D eigenvalue weighted by atomic mass is 9.80. The quantitative estimate of drug-likeness (QED) is 0.319. The normalized spacial score (nSPS) is 24.7. The SMILES string of the molecule is CCCCCCCCC=C1CC[C@@H](CC(=O)O)[C@H](O)[C@H]1SCCC(=O)O. The third kappa shape index (κ3) is 9.08. The number of carboxylic acids is 2. The van der Waals surface area contributed by atoms with Crippen molar-refractivity contribution in [2.24, 2.45) is 5.92 Å². The fourth-order valence-electron chi connectivity index (χ4n) is 3.49. The molecule has 1 fully saturated rings. The van der Waals surface area contributed by atoms with Crippen LogP contribution in [0.15, 0.2) is 11.6 Å². The first-order valence-corrected chi connectivity index (χ1v) is 10.9. The van der Waals surface area contributed by atoms with E-state index in [0.29, 0.717) is 12.2 Å². The van der Waals surface area contributed by atoms with Crippen LogP contribution in [0.4, 0.5) is 0 Å². The van der Waals surface area contributed by atoms with Crippen molar-refractivity contribution in [1.82, 2.24) is 0 Å². The highest BCUT2D eigenvalue weighted by atomic mass is 32.2. The van der Waals surface area contributed by atoms with Crippen LogP contribution in [-0.2, 0) is 9.59 Å². The van der Waals surface area contributed by atoms with Gasteiger partial charge < -0.3 is 15.3 Å². The van der Waals surface area contributed by atoms with E-state index in [-0.39, 0.29) is 24.0 Å². The molecule has 5 nitrogen and oxygen atoms in total. The van der Waals surface area contributed by atoms with Gasteiger partial charge in [-0.05, 0) is 31.6 Å². The Labute approximate surface area is 161 Å². The lowest BCUT2D eigenvalue weighted by Gasteiger charge is -2.36. The van der Waals surface area contributed by atoms with Crippen LogP contribution in [0.2, 0.25) is 0 Å². The van der Waals surface area contributed by atoms with Crippen LogP contribution in [0.3, 0.4) is 0 Å². The van der Waals surface area contributed by atoms with Crippen LogP contribution in [0.25, 0.3) is 0 Å². The molecule has 0 heterocycles. The molecule has 0 aromatic carbocycles. The number of carboxylic acid groups (broad SMARTS) is 2. The summed E-state index contributed by atoms with van der Waals surface area (Å²) in [5, 5.41) is 28.3. The van der Waals surface area contributed by atoms with Crippen molar-refractivity contribution in [3.8, 4) is 0 Å². The fourth-order valence-corrected chi connectivity index (χ4v) is 4.88. The van der Waals surface area contributed by atoms with Crippen LogP contribution in [0.5, 0.6) is 0 Å². The largest absolute Gasteiger partial charge is 0.481 e. The summed E-state index contributed by atoms with van der Waals surface area (Å²) in [7, 11) is 0. The van der Waals surface area contributed by atoms with Gasteiger partial charge in [0.25, 0.3) is 0 Å². The van der Waals surface area contributed by atoms with Gasteiger partial charge in [0, 0.05) is 5.75 Å². The summed E-state index contributed by atoms with van der Waals surface area (Å²) in [5.74, 6) is -1.54. The topological polar surface area (TPSA) is 94.8 Å². The van der Waals surface area contributed by atoms with E-state index in [1.807, 2.05) is 0 Å². The van der Waals surface area contributed by atoms with E-state index in [0.717, 1.165) is 19.3 Å². The Morgan fingerprint density at radius 1 is 1.12 bits per heavy atom. The van der Waals surface area contributed by atoms with Crippen LogP contribution in [0, 0.1) is 5.92 Å². The second kappa shape index (κ2) is 13.2. The first-order chi connectivity index (χ1) is 12.5. The van der Waals surface area contributed by atoms with E-state index in [2.05, 4.69) is 13.0 Å². The third-order valence-electron chi connectivity index (χ3n) is 4.98. The Morgan fingerprint density at radius 3 is 2.46 bits per heavy atom. The highest BCUT2D eigenvalue weighted by molar-refractivity contribution is 8.00. The van der Waals surface area contributed by atoms with Gasteiger partial charge in [-0.2, -0.15) is 11.8 Å². The third-order valence-corrected chi connectivity index (χ3v) is 6.36. The van der Waals surface area contributed by atoms with E-state index in [9.17, 15) is 14.7 Å². The Morgan fingerprint density at radius 2 is 1.81 bits per heavy atom. The monoisotopic (exact) mass is 386 g/mol. The van der Waals surface area contributed by atoms with Gasteiger partial charge in [0.05, 0.1) is 24.2 Å². The van der Waals surface area contributed by atoms with E-state index in [1.54, 1.807) is 0 Å². The number of aliphatic hydroxyl groups excluding tert-OH is 1. The molecule has 0 aliphatic heterocycles. The molecule has 6 heteroatoms. The average Bonchev–Trinajstić information content (AvgIpc) is 2.58. The standard InChI is InChI=1S/C20H34O5S/c1-2-3-4-5-6-7-8-9-15-10-11-16(14-18(23)24)19(25)20(15)26-13-12-17(21)22/h9,16,19-20,25H,2-8,10-14H2,1H3,(H,21,22)(H,23,24)/t16-,19-,20-/m0/s1. The maximum Gasteiger partial charge on any atom is 0.304 e. The molecule has 0 saturated heterocycles. The highest BCUT2D eigenvalue weighted by Crippen LogP contribution is 2.38. The van der Waals surface area contributed by atoms with Crippen molar-refractivity contribution >= 4 is 23.7 Å². The molecule has 1 rings (SSSR count). The predicted molar refractivity (Wildman–Crippen MR) is 106 cm³/mol. The lowest BCUT2D eigenvalue weighted by Crippen LogP contribution is -2.38. The minimum absolute atomic E-state index is 0.0259. The summed E-state index contributed by atoms with van der Waals surface area (Å²) in [4.78, 5) is 21.8. The molecular formula is C20H34O5S. The number of hydrogen-bond donors (Lipinski definition) is 3. The first-order valence-electron chi connectivity index (χ1n) is 9.87. The maximum atomic E-state index is 11.0. The molecule has 3 N–H and O–H groups in total. The number of aliphatic hydroxyl groups is 1. The summed E-state index contributed by atoms with van der Waals surface area (Å²) in [6.07, 6.45) is 11.4. The zero-order chi connectivity index (χ0) is 19.4. The number of hydrogen-bond acceptors (Lipinski definition) is 4. The molecule has 0 unspecified atom stereocenters. The molecule has 0 aromatic rings. The summed E-state index contributed by atoms with van der Waals surface area (Å²) in [5.41, 5.74) is 1.17. The Bertz CT molecular complexity index is 463. The van der Waals surface area contributed by atoms with E-state index in [4.69, 9.17) is 10.2 Å². The van der Waals surface area contributed by atoms with Gasteiger partial charge in [0.1, 0.15) is 0 Å². The zero-order valence-electron chi connectivity index (χ0n) is 15.9. The molecule has 3 atom stereocenters. The number of aliphatic carboxylic acids is 2. The zero-order valence-corrected chi connectivity index (χ0v) is 16.7. The van der Waals surface area contributed by atoms with Gasteiger partial charge in [-0.25, -0.2) is 0 Å². The van der Waals surface area contributed by atoms with Crippen LogP contribution in [-0.4, -0.2) is 44.4 Å². The fraction of sp³-hybridized carbons (Fsp3) is 0.800. The van der Waals surface area contributed by atoms with Crippen molar-refractivity contribution < 1.29 is 24.9 Å². The van der Waals surface area contributed by atoms with Gasteiger partial charge in [-0.3, -0.25) is 9.59 Å². The first kappa shape index (κ1) is 23.0.